The van der Waals surface area contributed by atoms with Gasteiger partial charge in [0.05, 0.1) is 19.6 Å². The van der Waals surface area contributed by atoms with E-state index >= 15 is 0 Å². The van der Waals surface area contributed by atoms with Gasteiger partial charge in [0.15, 0.2) is 7.14 Å². The van der Waals surface area contributed by atoms with Gasteiger partial charge in [0, 0.05) is 6.61 Å². The van der Waals surface area contributed by atoms with Gasteiger partial charge in [-0.1, -0.05) is 119 Å². The largest absolute Gasteiger partial charge is 0.744 e. The van der Waals surface area contributed by atoms with Crippen LogP contribution in [0, 0.1) is 14.1 Å². The van der Waals surface area contributed by atoms with E-state index < -0.39 is 18.2 Å². The summed E-state index contributed by atoms with van der Waals surface area (Å²) in [5.41, 5.74) is 0.928. The zero-order valence-corrected chi connectivity index (χ0v) is 31.2. The highest BCUT2D eigenvalue weighted by Gasteiger charge is 2.30. The summed E-state index contributed by atoms with van der Waals surface area (Å²) in [6.07, 6.45) is 9.56. The molecule has 5 nitrogen and oxygen atoms in total. The van der Waals surface area contributed by atoms with Crippen LogP contribution in [-0.4, -0.2) is 40.9 Å². The summed E-state index contributed by atoms with van der Waals surface area (Å²) in [6.45, 7) is 11.1. The molecule has 0 aliphatic heterocycles. The minimum Gasteiger partial charge on any atom is -0.744 e. The number of halogens is 1. The van der Waals surface area contributed by atoms with Crippen molar-refractivity contribution < 1.29 is 43.6 Å². The van der Waals surface area contributed by atoms with E-state index in [-0.39, 0.29) is 26.1 Å². The summed E-state index contributed by atoms with van der Waals surface area (Å²) in [4.78, 5) is -0.178. The number of aryl methyl sites for hydroxylation is 1. The molecule has 3 rings (SSSR count). The number of hydrogen-bond acceptors (Lipinski definition) is 5. The topological polar surface area (TPSA) is 75.7 Å². The highest BCUT2D eigenvalue weighted by molar-refractivity contribution is 7.85. The molecule has 8 heteroatoms. The first-order valence-corrected chi connectivity index (χ1v) is 22.6. The molecule has 0 fully saturated rings. The van der Waals surface area contributed by atoms with Gasteiger partial charge in [-0.2, -0.15) is 0 Å². The quantitative estimate of drug-likeness (QED) is 0.0583. The molecule has 0 aromatic heterocycles. The van der Waals surface area contributed by atoms with Crippen molar-refractivity contribution in [3.8, 4) is 5.75 Å². The van der Waals surface area contributed by atoms with E-state index in [0.717, 1.165) is 17.9 Å². The highest BCUT2D eigenvalue weighted by atomic mass is 127. The minimum atomic E-state index is -4.27. The molecule has 0 saturated heterocycles. The van der Waals surface area contributed by atoms with Crippen molar-refractivity contribution in [2.24, 2.45) is 0 Å². The van der Waals surface area contributed by atoms with Gasteiger partial charge in [-0.3, -0.25) is 0 Å². The van der Waals surface area contributed by atoms with Gasteiger partial charge in [0.25, 0.3) is 0 Å². The molecule has 0 bridgehead atoms. The van der Waals surface area contributed by atoms with E-state index in [1.54, 1.807) is 12.1 Å². The van der Waals surface area contributed by atoms with E-state index in [4.69, 9.17) is 9.47 Å². The average Bonchev–Trinajstić information content (AvgIpc) is 3.02. The lowest BCUT2D eigenvalue weighted by molar-refractivity contribution is -0.597. The molecular weight excluding hydrogens is 699 g/mol. The maximum atomic E-state index is 10.4. The molecule has 0 amide bonds. The molecule has 244 valence electrons. The number of rotatable bonds is 20. The Kier molecular flexibility index (Phi) is 19.2. The van der Waals surface area contributed by atoms with Crippen LogP contribution in [-0.2, 0) is 14.9 Å². The summed E-state index contributed by atoms with van der Waals surface area (Å²) >= 11 is -0.108. The van der Waals surface area contributed by atoms with E-state index in [1.807, 2.05) is 6.92 Å². The first-order chi connectivity index (χ1) is 21.2. The van der Waals surface area contributed by atoms with Crippen molar-refractivity contribution in [3.63, 3.8) is 0 Å². The lowest BCUT2D eigenvalue weighted by atomic mass is 10.2. The molecule has 0 spiro atoms. The predicted molar refractivity (Wildman–Crippen MR) is 180 cm³/mol. The van der Waals surface area contributed by atoms with Gasteiger partial charge in [-0.15, -0.1) is 0 Å². The van der Waals surface area contributed by atoms with E-state index in [1.165, 1.54) is 88.4 Å². The molecule has 44 heavy (non-hydrogen) atoms. The van der Waals surface area contributed by atoms with Crippen LogP contribution in [0.3, 0.4) is 0 Å². The van der Waals surface area contributed by atoms with Crippen molar-refractivity contribution in [1.82, 2.24) is 0 Å². The number of unbranched alkanes of at least 4 members (excludes halogenated alkanes) is 3. The van der Waals surface area contributed by atoms with Gasteiger partial charge in [-0.25, -0.2) is 8.42 Å². The van der Waals surface area contributed by atoms with Crippen LogP contribution >= 0.6 is 0 Å². The Morgan fingerprint density at radius 2 is 1.18 bits per heavy atom. The normalized spacial score (nSPS) is 11.6. The van der Waals surface area contributed by atoms with E-state index in [9.17, 15) is 13.0 Å². The van der Waals surface area contributed by atoms with E-state index in [2.05, 4.69) is 75.4 Å². The Hall–Kier alpha value is -1.72. The molecule has 0 aliphatic rings. The first kappa shape index (κ1) is 38.5. The van der Waals surface area contributed by atoms with Crippen molar-refractivity contribution >= 4 is 18.2 Å². The summed E-state index contributed by atoms with van der Waals surface area (Å²) in [7, 11) is -5.39. The van der Waals surface area contributed by atoms with Gasteiger partial charge in [-0.05, 0) is 61.9 Å². The molecule has 3 aromatic carbocycles. The zero-order chi connectivity index (χ0) is 32.1. The second-order valence-corrected chi connectivity index (χ2v) is 20.9. The zero-order valence-electron chi connectivity index (χ0n) is 27.2. The maximum Gasteiger partial charge on any atom is 0.357 e. The maximum absolute atomic E-state index is 10.4. The average molecular weight is 753 g/mol. The monoisotopic (exact) mass is 752 g/mol. The van der Waals surface area contributed by atoms with Crippen LogP contribution in [0.25, 0.3) is 0 Å². The number of benzene rings is 3. The molecule has 0 aliphatic carbocycles. The lowest BCUT2D eigenvalue weighted by Crippen LogP contribution is -3.61. The van der Waals surface area contributed by atoms with Crippen molar-refractivity contribution in [2.75, 3.05) is 19.8 Å². The molecule has 3 aromatic rings. The third-order valence-corrected chi connectivity index (χ3v) is 16.9. The fourth-order valence-electron chi connectivity index (χ4n) is 5.18. The lowest BCUT2D eigenvalue weighted by Gasteiger charge is -2.32. The number of ether oxygens (including phenoxy) is 2. The van der Waals surface area contributed by atoms with E-state index in [0.29, 0.717) is 13.2 Å². The second kappa shape index (κ2) is 21.9. The van der Waals surface area contributed by atoms with Crippen LogP contribution in [0.15, 0.2) is 83.8 Å². The molecule has 0 atom stereocenters. The molecule has 0 unspecified atom stereocenters. The predicted octanol–water partition coefficient (Wildman–Crippen LogP) is 6.35. The molecular formula is C36H53IO5SSi. The Balaban J connectivity index is 0.000000514. The SMILES string of the molecule is CCCC[Si](CCCC)(CCCC)CCCOCCOc1ccc([I+]c2ccccc2)cc1.Cc1ccc(S(=O)(=O)[O-])cc1. The van der Waals surface area contributed by atoms with Crippen molar-refractivity contribution in [2.45, 2.75) is 102 Å². The Labute approximate surface area is 279 Å². The van der Waals surface area contributed by atoms with Crippen molar-refractivity contribution in [3.05, 3.63) is 91.6 Å². The summed E-state index contributed by atoms with van der Waals surface area (Å²) in [6, 6.07) is 31.2. The van der Waals surface area contributed by atoms with Crippen LogP contribution in [0.5, 0.6) is 5.75 Å². The molecule has 0 saturated carbocycles. The van der Waals surface area contributed by atoms with Crippen molar-refractivity contribution in [1.29, 1.82) is 0 Å². The Morgan fingerprint density at radius 3 is 1.70 bits per heavy atom. The first-order valence-electron chi connectivity index (χ1n) is 16.2. The van der Waals surface area contributed by atoms with Gasteiger partial charge < -0.3 is 14.0 Å². The highest BCUT2D eigenvalue weighted by Crippen LogP contribution is 2.33. The second-order valence-electron chi connectivity index (χ2n) is 11.5. The summed E-state index contributed by atoms with van der Waals surface area (Å²) in [5.74, 6) is 0.949. The fourth-order valence-corrected chi connectivity index (χ4v) is 13.6. The molecule has 0 N–H and O–H groups in total. The smallest absolute Gasteiger partial charge is 0.357 e. The third-order valence-electron chi connectivity index (χ3n) is 7.75. The van der Waals surface area contributed by atoms with Gasteiger partial charge in [0.2, 0.25) is 0 Å². The van der Waals surface area contributed by atoms with Crippen LogP contribution in [0.4, 0.5) is 0 Å². The Bertz CT molecular complexity index is 1230. The standard InChI is InChI=1S/C29H46IO2Si.C7H8O3S/c1-4-7-23-33(24-8-5-2,25-9-6-3)26-13-20-31-21-22-32-29-18-16-28(17-19-29)30-27-14-11-10-12-15-27;1-6-2-4-7(5-3-6)11(8,9)10/h10-12,14-19H,4-9,13,20-26H2,1-3H3;2-5H,1H3,(H,8,9,10)/q+1;/p-1. The summed E-state index contributed by atoms with van der Waals surface area (Å²) < 4.78 is 45.9. The fraction of sp³-hybridized carbons (Fsp3) is 0.500. The third kappa shape index (κ3) is 16.0. The van der Waals surface area contributed by atoms with Gasteiger partial charge in [0.1, 0.15) is 22.5 Å². The van der Waals surface area contributed by atoms with Crippen LogP contribution in [0.1, 0.15) is 71.3 Å². The van der Waals surface area contributed by atoms with Crippen LogP contribution < -0.4 is 25.9 Å². The molecule has 0 radical (unpaired) electrons. The summed E-state index contributed by atoms with van der Waals surface area (Å²) in [5, 5.41) is 0. The van der Waals surface area contributed by atoms with Gasteiger partial charge >= 0.3 is 21.2 Å². The Morgan fingerprint density at radius 1 is 0.659 bits per heavy atom. The van der Waals surface area contributed by atoms with Crippen LogP contribution in [0.2, 0.25) is 24.2 Å². The number of hydrogen-bond donors (Lipinski definition) is 0. The molecule has 0 heterocycles. The minimum absolute atomic E-state index is 0.108.